The van der Waals surface area contributed by atoms with Gasteiger partial charge in [0.15, 0.2) is 0 Å². The fourth-order valence-electron chi connectivity index (χ4n) is 2.81. The minimum absolute atomic E-state index is 0.0689. The lowest BCUT2D eigenvalue weighted by molar-refractivity contribution is -0.383. The molecule has 1 aromatic carbocycles. The summed E-state index contributed by atoms with van der Waals surface area (Å²) in [4.78, 5) is 15.0. The van der Waals surface area contributed by atoms with Crippen molar-refractivity contribution in [1.29, 1.82) is 0 Å². The smallest absolute Gasteiger partial charge is 0.278 e. The number of nitro groups is 1. The minimum Gasteiger partial charge on any atom is -0.383 e. The fraction of sp³-hybridized carbons (Fsp3) is 0.294. The lowest BCUT2D eigenvalue weighted by Gasteiger charge is -2.09. The largest absolute Gasteiger partial charge is 0.383 e. The van der Waals surface area contributed by atoms with Crippen molar-refractivity contribution in [2.24, 2.45) is 0 Å². The molecule has 0 fully saturated rings. The molecule has 7 nitrogen and oxygen atoms in total. The van der Waals surface area contributed by atoms with Gasteiger partial charge in [0, 0.05) is 24.4 Å². The van der Waals surface area contributed by atoms with E-state index in [1.807, 2.05) is 13.8 Å². The van der Waals surface area contributed by atoms with Crippen LogP contribution >= 0.6 is 0 Å². The highest BCUT2D eigenvalue weighted by Gasteiger charge is 2.14. The lowest BCUT2D eigenvalue weighted by atomic mass is 10.1. The highest BCUT2D eigenvalue weighted by molar-refractivity contribution is 5.96. The average Bonchev–Trinajstić information content (AvgIpc) is 2.90. The van der Waals surface area contributed by atoms with Crippen LogP contribution in [0.25, 0.3) is 10.9 Å². The van der Waals surface area contributed by atoms with Crippen molar-refractivity contribution in [3.63, 3.8) is 0 Å². The Labute approximate surface area is 138 Å². The molecule has 0 aliphatic carbocycles. The zero-order valence-corrected chi connectivity index (χ0v) is 13.6. The average molecular weight is 326 g/mol. The summed E-state index contributed by atoms with van der Waals surface area (Å²) in [6.45, 7) is 4.58. The van der Waals surface area contributed by atoms with E-state index in [0.29, 0.717) is 10.9 Å². The molecule has 2 aromatic heterocycles. The van der Waals surface area contributed by atoms with Gasteiger partial charge in [0.1, 0.15) is 11.3 Å². The molecule has 0 aliphatic rings. The Morgan fingerprint density at radius 3 is 2.83 bits per heavy atom. The number of pyridine rings is 1. The van der Waals surface area contributed by atoms with E-state index in [9.17, 15) is 10.1 Å². The SMILES string of the molecule is Cc1noc(C)c1CCCNc1ccc([N+](=O)[O-])c2cccnc12. The van der Waals surface area contributed by atoms with Gasteiger partial charge >= 0.3 is 0 Å². The fourth-order valence-corrected chi connectivity index (χ4v) is 2.81. The van der Waals surface area contributed by atoms with Gasteiger partial charge in [-0.15, -0.1) is 0 Å². The summed E-state index contributed by atoms with van der Waals surface area (Å²) in [7, 11) is 0. The van der Waals surface area contributed by atoms with Crippen molar-refractivity contribution < 1.29 is 9.45 Å². The van der Waals surface area contributed by atoms with E-state index >= 15 is 0 Å². The van der Waals surface area contributed by atoms with Crippen LogP contribution in [-0.4, -0.2) is 21.6 Å². The zero-order valence-electron chi connectivity index (χ0n) is 13.6. The van der Waals surface area contributed by atoms with E-state index in [1.165, 1.54) is 6.07 Å². The van der Waals surface area contributed by atoms with Crippen molar-refractivity contribution in [1.82, 2.24) is 10.1 Å². The van der Waals surface area contributed by atoms with Crippen molar-refractivity contribution >= 4 is 22.3 Å². The monoisotopic (exact) mass is 326 g/mol. The molecular formula is C17H18N4O3. The molecule has 0 aliphatic heterocycles. The van der Waals surface area contributed by atoms with Crippen LogP contribution in [-0.2, 0) is 6.42 Å². The second-order valence-corrected chi connectivity index (χ2v) is 5.62. The number of nitro benzene ring substituents is 1. The number of nitrogens with one attached hydrogen (secondary N) is 1. The topological polar surface area (TPSA) is 94.1 Å². The van der Waals surface area contributed by atoms with Crippen LogP contribution in [0.2, 0.25) is 0 Å². The lowest BCUT2D eigenvalue weighted by Crippen LogP contribution is -2.05. The van der Waals surface area contributed by atoms with Gasteiger partial charge in [-0.25, -0.2) is 0 Å². The van der Waals surface area contributed by atoms with Gasteiger partial charge in [0.2, 0.25) is 0 Å². The van der Waals surface area contributed by atoms with Crippen LogP contribution in [0.4, 0.5) is 11.4 Å². The van der Waals surface area contributed by atoms with Crippen molar-refractivity contribution in [2.75, 3.05) is 11.9 Å². The van der Waals surface area contributed by atoms with Gasteiger partial charge in [-0.1, -0.05) is 5.16 Å². The standard InChI is InChI=1S/C17H18N4O3/c1-11-13(12(2)24-20-11)5-3-9-18-15-7-8-16(21(22)23)14-6-4-10-19-17(14)15/h4,6-8,10,18H,3,5,9H2,1-2H3. The first kappa shape index (κ1) is 15.9. The maximum absolute atomic E-state index is 11.1. The van der Waals surface area contributed by atoms with Gasteiger partial charge in [0.05, 0.1) is 21.7 Å². The third-order valence-corrected chi connectivity index (χ3v) is 4.04. The number of rotatable bonds is 6. The second kappa shape index (κ2) is 6.66. The number of hydrogen-bond donors (Lipinski definition) is 1. The van der Waals surface area contributed by atoms with Gasteiger partial charge < -0.3 is 9.84 Å². The number of fused-ring (bicyclic) bond motifs is 1. The van der Waals surface area contributed by atoms with Crippen LogP contribution < -0.4 is 5.32 Å². The Hall–Kier alpha value is -2.96. The van der Waals surface area contributed by atoms with Crippen molar-refractivity contribution in [3.05, 3.63) is 57.6 Å². The van der Waals surface area contributed by atoms with E-state index in [-0.39, 0.29) is 10.6 Å². The molecular weight excluding hydrogens is 308 g/mol. The van der Waals surface area contributed by atoms with Crippen LogP contribution in [0.3, 0.4) is 0 Å². The maximum Gasteiger partial charge on any atom is 0.278 e. The first-order valence-electron chi connectivity index (χ1n) is 7.75. The number of non-ortho nitro benzene ring substituents is 1. The number of anilines is 1. The highest BCUT2D eigenvalue weighted by atomic mass is 16.6. The van der Waals surface area contributed by atoms with Crippen LogP contribution in [0.1, 0.15) is 23.4 Å². The summed E-state index contributed by atoms with van der Waals surface area (Å²) in [5, 5.41) is 18.9. The second-order valence-electron chi connectivity index (χ2n) is 5.62. The number of aromatic nitrogens is 2. The van der Waals surface area contributed by atoms with Gasteiger partial charge in [-0.2, -0.15) is 0 Å². The Kier molecular flexibility index (Phi) is 4.41. The molecule has 0 unspecified atom stereocenters. The van der Waals surface area contributed by atoms with E-state index in [4.69, 9.17) is 4.52 Å². The molecule has 7 heteroatoms. The van der Waals surface area contributed by atoms with Crippen LogP contribution in [0.15, 0.2) is 35.0 Å². The summed E-state index contributed by atoms with van der Waals surface area (Å²) < 4.78 is 5.16. The molecule has 0 amide bonds. The summed E-state index contributed by atoms with van der Waals surface area (Å²) in [5.74, 6) is 0.856. The van der Waals surface area contributed by atoms with Gasteiger partial charge in [-0.05, 0) is 44.9 Å². The van der Waals surface area contributed by atoms with E-state index in [2.05, 4.69) is 15.5 Å². The number of nitrogens with zero attached hydrogens (tertiary/aromatic N) is 3. The molecule has 0 spiro atoms. The third-order valence-electron chi connectivity index (χ3n) is 4.04. The van der Waals surface area contributed by atoms with Crippen LogP contribution in [0.5, 0.6) is 0 Å². The van der Waals surface area contributed by atoms with E-state index < -0.39 is 0 Å². The van der Waals surface area contributed by atoms with Gasteiger partial charge in [0.25, 0.3) is 5.69 Å². The maximum atomic E-state index is 11.1. The van der Waals surface area contributed by atoms with Crippen molar-refractivity contribution in [3.8, 4) is 0 Å². The predicted octanol–water partition coefficient (Wildman–Crippen LogP) is 3.79. The predicted molar refractivity (Wildman–Crippen MR) is 91.2 cm³/mol. The molecule has 124 valence electrons. The molecule has 0 atom stereocenters. The van der Waals surface area contributed by atoms with Crippen LogP contribution in [0, 0.1) is 24.0 Å². The molecule has 3 aromatic rings. The van der Waals surface area contributed by atoms with Gasteiger partial charge in [-0.3, -0.25) is 15.1 Å². The molecule has 24 heavy (non-hydrogen) atoms. The first-order chi connectivity index (χ1) is 11.6. The Balaban J connectivity index is 1.72. The number of benzene rings is 1. The minimum atomic E-state index is -0.384. The first-order valence-corrected chi connectivity index (χ1v) is 7.75. The molecule has 2 heterocycles. The Morgan fingerprint density at radius 2 is 2.12 bits per heavy atom. The highest BCUT2D eigenvalue weighted by Crippen LogP contribution is 2.29. The Bertz CT molecular complexity index is 869. The molecule has 0 radical (unpaired) electrons. The molecule has 3 rings (SSSR count). The zero-order chi connectivity index (χ0) is 17.1. The normalized spacial score (nSPS) is 10.9. The summed E-state index contributed by atoms with van der Waals surface area (Å²) >= 11 is 0. The van der Waals surface area contributed by atoms with E-state index in [1.54, 1.807) is 24.4 Å². The third kappa shape index (κ3) is 3.05. The summed E-state index contributed by atoms with van der Waals surface area (Å²) in [6.07, 6.45) is 3.40. The van der Waals surface area contributed by atoms with E-state index in [0.717, 1.165) is 42.1 Å². The summed E-state index contributed by atoms with van der Waals surface area (Å²) in [5.41, 5.74) is 3.55. The van der Waals surface area contributed by atoms with Crippen molar-refractivity contribution in [2.45, 2.75) is 26.7 Å². The molecule has 0 saturated carbocycles. The molecule has 0 saturated heterocycles. The molecule has 1 N–H and O–H groups in total. The number of aryl methyl sites for hydroxylation is 2. The number of hydrogen-bond acceptors (Lipinski definition) is 6. The Morgan fingerprint density at radius 1 is 1.29 bits per heavy atom. The molecule has 0 bridgehead atoms. The summed E-state index contributed by atoms with van der Waals surface area (Å²) in [6, 6.07) is 6.65. The quantitative estimate of drug-likeness (QED) is 0.421.